The lowest BCUT2D eigenvalue weighted by Crippen LogP contribution is -2.19. The molecule has 0 aliphatic carbocycles. The van der Waals surface area contributed by atoms with E-state index in [0.717, 1.165) is 0 Å². The van der Waals surface area contributed by atoms with Crippen molar-refractivity contribution in [3.8, 4) is 0 Å². The maximum absolute atomic E-state index is 13.4. The summed E-state index contributed by atoms with van der Waals surface area (Å²) in [7, 11) is -1.92. The molecule has 0 fully saturated rings. The van der Waals surface area contributed by atoms with Crippen molar-refractivity contribution in [3.63, 3.8) is 0 Å². The average molecular weight is 478 g/mol. The minimum atomic E-state index is -1.92. The van der Waals surface area contributed by atoms with Gasteiger partial charge in [-0.3, -0.25) is 9.14 Å². The number of aliphatic hydroxyl groups excluding tert-OH is 1. The maximum Gasteiger partial charge on any atom is 0.203 e. The number of rotatable bonds is 9. The molecule has 1 heterocycles. The van der Waals surface area contributed by atoms with Crippen molar-refractivity contribution in [1.29, 1.82) is 4.78 Å². The first-order valence-corrected chi connectivity index (χ1v) is 11.1. The average Bonchev–Trinajstić information content (AvgIpc) is 3.11. The molecule has 2 aromatic rings. The van der Waals surface area contributed by atoms with Crippen LogP contribution in [0, 0.1) is 10.6 Å². The SMILES string of the molecule is CS(=N)(CCNc1nonc1/C(=N/O)Nc1ccc(F)c(Br)c1)=NCCCO. The number of anilines is 2. The Hall–Kier alpha value is -2.25. The lowest BCUT2D eigenvalue weighted by molar-refractivity contribution is 0.291. The van der Waals surface area contributed by atoms with Gasteiger partial charge in [0.1, 0.15) is 5.82 Å². The van der Waals surface area contributed by atoms with Crippen molar-refractivity contribution < 1.29 is 19.3 Å². The molecule has 2 rings (SSSR count). The molecule has 1 atom stereocenters. The molecule has 0 amide bonds. The molecule has 1 unspecified atom stereocenters. The first-order chi connectivity index (χ1) is 13.4. The zero-order chi connectivity index (χ0) is 20.6. The number of aromatic nitrogens is 2. The molecular formula is C15H21BrFN7O3S. The Bertz CT molecular complexity index is 943. The largest absolute Gasteiger partial charge is 0.409 e. The third-order valence-corrected chi connectivity index (χ3v) is 5.84. The predicted octanol–water partition coefficient (Wildman–Crippen LogP) is 2.74. The van der Waals surface area contributed by atoms with Gasteiger partial charge >= 0.3 is 0 Å². The zero-order valence-electron chi connectivity index (χ0n) is 15.0. The number of nitrogens with one attached hydrogen (secondary N) is 3. The van der Waals surface area contributed by atoms with E-state index < -0.39 is 15.4 Å². The van der Waals surface area contributed by atoms with Gasteiger partial charge in [-0.2, -0.15) is 0 Å². The van der Waals surface area contributed by atoms with Gasteiger partial charge in [0.05, 0.1) is 4.47 Å². The molecule has 0 bridgehead atoms. The highest BCUT2D eigenvalue weighted by Gasteiger charge is 2.18. The fraction of sp³-hybridized carbons (Fsp3) is 0.400. The topological polar surface area (TPSA) is 152 Å². The van der Waals surface area contributed by atoms with Crippen LogP contribution in [0.4, 0.5) is 15.9 Å². The quantitative estimate of drug-likeness (QED) is 0.122. The van der Waals surface area contributed by atoms with Gasteiger partial charge in [-0.1, -0.05) is 14.8 Å². The zero-order valence-corrected chi connectivity index (χ0v) is 17.4. The predicted molar refractivity (Wildman–Crippen MR) is 109 cm³/mol. The van der Waals surface area contributed by atoms with E-state index in [-0.39, 0.29) is 28.4 Å². The summed E-state index contributed by atoms with van der Waals surface area (Å²) in [6.45, 7) is 0.868. The van der Waals surface area contributed by atoms with E-state index >= 15 is 0 Å². The second-order valence-corrected chi connectivity index (χ2v) is 9.37. The second-order valence-electron chi connectivity index (χ2n) is 5.76. The van der Waals surface area contributed by atoms with Crippen molar-refractivity contribution >= 4 is 42.9 Å². The van der Waals surface area contributed by atoms with Crippen molar-refractivity contribution in [2.45, 2.75) is 6.42 Å². The molecule has 0 spiro atoms. The van der Waals surface area contributed by atoms with Crippen molar-refractivity contribution in [2.75, 3.05) is 42.3 Å². The lowest BCUT2D eigenvalue weighted by Gasteiger charge is -2.10. The molecule has 154 valence electrons. The number of oxime groups is 1. The Morgan fingerprint density at radius 1 is 1.43 bits per heavy atom. The summed E-state index contributed by atoms with van der Waals surface area (Å²) in [6.07, 6.45) is 2.29. The van der Waals surface area contributed by atoms with Gasteiger partial charge in [0.25, 0.3) is 0 Å². The first-order valence-electron chi connectivity index (χ1n) is 8.17. The second kappa shape index (κ2) is 10.3. The minimum absolute atomic E-state index is 0.0455. The molecule has 5 N–H and O–H groups in total. The van der Waals surface area contributed by atoms with Crippen LogP contribution in [0.15, 0.2) is 36.8 Å². The molecule has 0 aliphatic heterocycles. The highest BCUT2D eigenvalue weighted by atomic mass is 79.9. The Kier molecular flexibility index (Phi) is 8.14. The number of amidine groups is 1. The molecule has 0 saturated heterocycles. The van der Waals surface area contributed by atoms with Gasteiger partial charge in [-0.05, 0) is 50.9 Å². The van der Waals surface area contributed by atoms with Crippen LogP contribution in [0.3, 0.4) is 0 Å². The highest BCUT2D eigenvalue weighted by Crippen LogP contribution is 2.21. The van der Waals surface area contributed by atoms with Gasteiger partial charge in [0.15, 0.2) is 5.69 Å². The summed E-state index contributed by atoms with van der Waals surface area (Å²) in [5.41, 5.74) is 0.586. The van der Waals surface area contributed by atoms with E-state index in [9.17, 15) is 9.60 Å². The smallest absolute Gasteiger partial charge is 0.203 e. The van der Waals surface area contributed by atoms with Gasteiger partial charge in [0, 0.05) is 37.4 Å². The van der Waals surface area contributed by atoms with Crippen LogP contribution >= 0.6 is 15.9 Å². The summed E-state index contributed by atoms with van der Waals surface area (Å²) in [6, 6.07) is 4.19. The Balaban J connectivity index is 2.04. The van der Waals surface area contributed by atoms with E-state index in [1.54, 1.807) is 6.26 Å². The minimum Gasteiger partial charge on any atom is -0.409 e. The van der Waals surface area contributed by atoms with Crippen LogP contribution in [-0.4, -0.2) is 58.2 Å². The monoisotopic (exact) mass is 477 g/mol. The third-order valence-electron chi connectivity index (χ3n) is 3.48. The van der Waals surface area contributed by atoms with Gasteiger partial charge < -0.3 is 20.9 Å². The third kappa shape index (κ3) is 6.42. The van der Waals surface area contributed by atoms with E-state index in [4.69, 9.17) is 14.5 Å². The number of nitrogens with zero attached hydrogens (tertiary/aromatic N) is 4. The Morgan fingerprint density at radius 2 is 2.21 bits per heavy atom. The number of benzene rings is 1. The highest BCUT2D eigenvalue weighted by molar-refractivity contribution is 9.10. The first kappa shape index (κ1) is 22.0. The van der Waals surface area contributed by atoms with E-state index in [1.807, 2.05) is 0 Å². The fourth-order valence-electron chi connectivity index (χ4n) is 2.07. The Morgan fingerprint density at radius 3 is 2.89 bits per heavy atom. The number of aliphatic hydroxyl groups is 1. The van der Waals surface area contributed by atoms with Crippen LogP contribution in [0.1, 0.15) is 12.1 Å². The Labute approximate surface area is 169 Å². The van der Waals surface area contributed by atoms with Crippen LogP contribution in [0.5, 0.6) is 0 Å². The molecule has 0 aliphatic rings. The van der Waals surface area contributed by atoms with Gasteiger partial charge in [-0.15, -0.1) is 0 Å². The van der Waals surface area contributed by atoms with Crippen molar-refractivity contribution in [2.24, 2.45) is 9.52 Å². The molecule has 0 radical (unpaired) electrons. The summed E-state index contributed by atoms with van der Waals surface area (Å²) in [5.74, 6) is 0.209. The fourth-order valence-corrected chi connectivity index (χ4v) is 3.61. The van der Waals surface area contributed by atoms with Crippen molar-refractivity contribution in [3.05, 3.63) is 34.2 Å². The molecule has 10 nitrogen and oxygen atoms in total. The molecule has 28 heavy (non-hydrogen) atoms. The van der Waals surface area contributed by atoms with Crippen LogP contribution in [0.2, 0.25) is 0 Å². The van der Waals surface area contributed by atoms with Gasteiger partial charge in [-0.25, -0.2) is 9.02 Å². The standard InChI is InChI=1S/C15H21BrFN7O3S/c1-28(18,20-5-2-7-25)8-6-19-14-13(23-27-24-14)15(22-26)21-10-3-4-12(17)11(16)9-10/h3-4,9,18,25-26H,2,5-8H2,1H3,(H,19,24)(H,21,22). The number of halogens is 2. The summed E-state index contributed by atoms with van der Waals surface area (Å²) < 4.78 is 30.8. The summed E-state index contributed by atoms with van der Waals surface area (Å²) in [4.78, 5) is 0. The normalized spacial score (nSPS) is 13.8. The van der Waals surface area contributed by atoms with Crippen LogP contribution < -0.4 is 10.6 Å². The number of hydrogen-bond acceptors (Lipinski definition) is 9. The maximum atomic E-state index is 13.4. The lowest BCUT2D eigenvalue weighted by atomic mass is 10.3. The van der Waals surface area contributed by atoms with E-state index in [0.29, 0.717) is 31.0 Å². The molecule has 0 saturated carbocycles. The molecular weight excluding hydrogens is 457 g/mol. The van der Waals surface area contributed by atoms with Crippen molar-refractivity contribution in [1.82, 2.24) is 10.3 Å². The van der Waals surface area contributed by atoms with E-state index in [1.165, 1.54) is 18.2 Å². The summed E-state index contributed by atoms with van der Waals surface area (Å²) >= 11 is 3.08. The van der Waals surface area contributed by atoms with Gasteiger partial charge in [0.2, 0.25) is 11.7 Å². The molecule has 1 aromatic carbocycles. The summed E-state index contributed by atoms with van der Waals surface area (Å²) in [5, 5.41) is 34.5. The number of hydrogen-bond donors (Lipinski definition) is 5. The van der Waals surface area contributed by atoms with E-state index in [2.05, 4.69) is 46.4 Å². The molecule has 1 aromatic heterocycles. The van der Waals surface area contributed by atoms with Crippen LogP contribution in [-0.2, 0) is 9.62 Å². The molecule has 13 heteroatoms. The van der Waals surface area contributed by atoms with Crippen LogP contribution in [0.25, 0.3) is 0 Å².